The zero-order chi connectivity index (χ0) is 25.5. The van der Waals surface area contributed by atoms with Gasteiger partial charge in [-0.25, -0.2) is 9.79 Å². The number of carbonyl (C=O) groups is 1. The van der Waals surface area contributed by atoms with Gasteiger partial charge in [-0.3, -0.25) is 0 Å². The highest BCUT2D eigenvalue weighted by molar-refractivity contribution is 6.01. The van der Waals surface area contributed by atoms with Crippen LogP contribution in [0.2, 0.25) is 0 Å². The zero-order valence-corrected chi connectivity index (χ0v) is 24.8. The third-order valence-electron chi connectivity index (χ3n) is 7.54. The number of aryl methyl sites for hydroxylation is 1. The van der Waals surface area contributed by atoms with Gasteiger partial charge in [0, 0.05) is 34.3 Å². The molecule has 0 fully saturated rings. The van der Waals surface area contributed by atoms with E-state index in [1.165, 1.54) is 63.5 Å². The van der Waals surface area contributed by atoms with E-state index in [-0.39, 0.29) is 23.0 Å². The summed E-state index contributed by atoms with van der Waals surface area (Å²) >= 11 is 0. The van der Waals surface area contributed by atoms with E-state index in [4.69, 9.17) is 4.74 Å². The average Bonchev–Trinajstić information content (AvgIpc) is 3.39. The second-order valence-electron chi connectivity index (χ2n) is 11.1. The van der Waals surface area contributed by atoms with Gasteiger partial charge in [-0.1, -0.05) is 13.8 Å². The lowest BCUT2D eigenvalue weighted by atomic mass is 9.88. The second kappa shape index (κ2) is 11.0. The Morgan fingerprint density at radius 2 is 1.61 bits per heavy atom. The Kier molecular flexibility index (Phi) is 8.59. The molecule has 1 aliphatic heterocycles. The quantitative estimate of drug-likeness (QED) is 0.479. The fraction of sp³-hybridized carbons (Fsp3) is 0.533. The third kappa shape index (κ3) is 5.49. The molecule has 196 valence electrons. The molecule has 2 aromatic rings. The van der Waals surface area contributed by atoms with Crippen molar-refractivity contribution in [1.82, 2.24) is 9.97 Å². The van der Waals surface area contributed by atoms with Gasteiger partial charge in [0.2, 0.25) is 5.70 Å². The molecule has 36 heavy (non-hydrogen) atoms. The summed E-state index contributed by atoms with van der Waals surface area (Å²) < 4.78 is 5.69. The van der Waals surface area contributed by atoms with Crippen molar-refractivity contribution in [2.75, 3.05) is 0 Å². The normalized spacial score (nSPS) is 16.8. The maximum Gasteiger partial charge on any atom is 0.355 e. The van der Waals surface area contributed by atoms with Gasteiger partial charge in [0.15, 0.2) is 5.71 Å². The molecule has 2 aromatic heterocycles. The van der Waals surface area contributed by atoms with Crippen LogP contribution in [0, 0.1) is 20.8 Å². The van der Waals surface area contributed by atoms with E-state index in [1.54, 1.807) is 0 Å². The minimum Gasteiger partial charge on any atom is -1.00 e. The highest BCUT2D eigenvalue weighted by Gasteiger charge is 2.34. The first-order valence-electron chi connectivity index (χ1n) is 13.2. The molecule has 3 N–H and O–H groups in total. The largest absolute Gasteiger partial charge is 1.00 e. The van der Waals surface area contributed by atoms with Crippen LogP contribution >= 0.6 is 0 Å². The van der Waals surface area contributed by atoms with Crippen molar-refractivity contribution in [2.24, 2.45) is 0 Å². The molecule has 0 atom stereocenters. The molecule has 0 saturated carbocycles. The lowest BCUT2D eigenvalue weighted by Gasteiger charge is -2.19. The number of halogens is 1. The fourth-order valence-corrected chi connectivity index (χ4v) is 5.63. The van der Waals surface area contributed by atoms with Crippen molar-refractivity contribution in [3.05, 3.63) is 61.9 Å². The lowest BCUT2D eigenvalue weighted by molar-refractivity contribution is -0.387. The summed E-state index contributed by atoms with van der Waals surface area (Å²) in [7, 11) is 0. The predicted molar refractivity (Wildman–Crippen MR) is 143 cm³/mol. The van der Waals surface area contributed by atoms with Crippen molar-refractivity contribution >= 4 is 17.8 Å². The van der Waals surface area contributed by atoms with Gasteiger partial charge >= 0.3 is 5.97 Å². The molecular formula is C30H42BrN3O2. The second-order valence-corrected chi connectivity index (χ2v) is 11.1. The van der Waals surface area contributed by atoms with E-state index in [0.29, 0.717) is 5.69 Å². The van der Waals surface area contributed by atoms with Crippen molar-refractivity contribution in [2.45, 2.75) is 106 Å². The molecule has 0 radical (unpaired) electrons. The number of nitrogens with one attached hydrogen (secondary N) is 3. The molecule has 1 aliphatic carbocycles. The van der Waals surface area contributed by atoms with Crippen LogP contribution in [0.15, 0.2) is 16.8 Å². The van der Waals surface area contributed by atoms with Crippen LogP contribution < -0.4 is 22.0 Å². The molecule has 6 heteroatoms. The summed E-state index contributed by atoms with van der Waals surface area (Å²) in [5.41, 5.74) is 14.1. The summed E-state index contributed by atoms with van der Waals surface area (Å²) in [6.45, 7) is 16.5. The van der Waals surface area contributed by atoms with Gasteiger partial charge < -0.3 is 31.7 Å². The van der Waals surface area contributed by atoms with Gasteiger partial charge in [-0.2, -0.15) is 0 Å². The number of hydrogen-bond donors (Lipinski definition) is 3. The number of aromatic nitrogens is 2. The third-order valence-corrected chi connectivity index (χ3v) is 7.54. The molecule has 5 nitrogen and oxygen atoms in total. The molecule has 0 unspecified atom stereocenters. The van der Waals surface area contributed by atoms with E-state index in [9.17, 15) is 4.79 Å². The number of H-pyrrole nitrogens is 2. The number of hydrogen-bond acceptors (Lipinski definition) is 2. The van der Waals surface area contributed by atoms with Crippen LogP contribution in [-0.4, -0.2) is 27.2 Å². The topological polar surface area (TPSA) is 71.8 Å². The minimum atomic E-state index is -0.517. The molecular weight excluding hydrogens is 514 g/mol. The standard InChI is InChI=1S/C30H41N3O2.BrH/c1-9-20-17(3)19(5)31-25(20)16-27-23-14-12-11-13-22(23)26(32-27)15-24-18(4)21(10-2)28(33-24)29(34)35-30(6,7)8;/h16,31,33H,9-15H2,1-8H3;1H/b27-16-;. The summed E-state index contributed by atoms with van der Waals surface area (Å²) in [4.78, 5) is 23.8. The summed E-state index contributed by atoms with van der Waals surface area (Å²) in [5, 5.41) is 0. The molecule has 3 heterocycles. The number of ether oxygens (including phenoxy) is 1. The molecule has 4 rings (SSSR count). The Balaban J connectivity index is 0.00000361. The van der Waals surface area contributed by atoms with Crippen molar-refractivity contribution in [3.63, 3.8) is 0 Å². The molecule has 0 amide bonds. The van der Waals surface area contributed by atoms with Gasteiger partial charge in [-0.15, -0.1) is 0 Å². The van der Waals surface area contributed by atoms with E-state index in [0.717, 1.165) is 43.4 Å². The monoisotopic (exact) mass is 555 g/mol. The Hall–Kier alpha value is -2.34. The Bertz CT molecular complexity index is 1250. The SMILES string of the molecule is CCc1c(/C=C2\[NH+]=C(Cc3[nH]c(C(=O)OC(C)(C)C)c(CC)c3C)C3=C2CCCC3)[nH]c(C)c1C.[Br-]. The summed E-state index contributed by atoms with van der Waals surface area (Å²) in [6.07, 6.45) is 9.59. The predicted octanol–water partition coefficient (Wildman–Crippen LogP) is 2.34. The van der Waals surface area contributed by atoms with Crippen LogP contribution in [0.1, 0.15) is 110 Å². The van der Waals surface area contributed by atoms with E-state index in [1.807, 2.05) is 20.8 Å². The maximum absolute atomic E-state index is 12.9. The van der Waals surface area contributed by atoms with Crippen LogP contribution in [-0.2, 0) is 24.0 Å². The van der Waals surface area contributed by atoms with Crippen LogP contribution in [0.3, 0.4) is 0 Å². The van der Waals surface area contributed by atoms with E-state index >= 15 is 0 Å². The van der Waals surface area contributed by atoms with Gasteiger partial charge in [0.05, 0.1) is 6.42 Å². The number of allylic oxidation sites excluding steroid dienone is 2. The Morgan fingerprint density at radius 1 is 0.972 bits per heavy atom. The van der Waals surface area contributed by atoms with E-state index in [2.05, 4.69) is 55.7 Å². The van der Waals surface area contributed by atoms with E-state index < -0.39 is 5.60 Å². The molecule has 2 aliphatic rings. The first kappa shape index (κ1) is 28.2. The Labute approximate surface area is 226 Å². The van der Waals surface area contributed by atoms with Crippen LogP contribution in [0.25, 0.3) is 6.08 Å². The smallest absolute Gasteiger partial charge is 0.355 e. The summed E-state index contributed by atoms with van der Waals surface area (Å²) in [6, 6.07) is 0. The first-order chi connectivity index (χ1) is 16.5. The zero-order valence-electron chi connectivity index (χ0n) is 23.2. The Morgan fingerprint density at radius 3 is 2.22 bits per heavy atom. The van der Waals surface area contributed by atoms with Crippen molar-refractivity contribution in [3.8, 4) is 0 Å². The van der Waals surface area contributed by atoms with Crippen LogP contribution in [0.4, 0.5) is 0 Å². The average molecular weight is 557 g/mol. The highest BCUT2D eigenvalue weighted by atomic mass is 79.9. The highest BCUT2D eigenvalue weighted by Crippen LogP contribution is 2.33. The first-order valence-corrected chi connectivity index (χ1v) is 13.2. The number of esters is 1. The van der Waals surface area contributed by atoms with Gasteiger partial charge in [-0.05, 0) is 102 Å². The molecule has 0 spiro atoms. The number of carbonyl (C=O) groups excluding carboxylic acids is 1. The number of aromatic amines is 2. The van der Waals surface area contributed by atoms with Crippen molar-refractivity contribution in [1.29, 1.82) is 0 Å². The van der Waals surface area contributed by atoms with Gasteiger partial charge in [0.1, 0.15) is 11.3 Å². The van der Waals surface area contributed by atoms with Crippen LogP contribution in [0.5, 0.6) is 0 Å². The lowest BCUT2D eigenvalue weighted by Crippen LogP contribution is -3.00. The van der Waals surface area contributed by atoms with Crippen molar-refractivity contribution < 1.29 is 31.5 Å². The fourth-order valence-electron chi connectivity index (χ4n) is 5.63. The minimum absolute atomic E-state index is 0. The molecule has 0 aromatic carbocycles. The number of rotatable bonds is 6. The summed E-state index contributed by atoms with van der Waals surface area (Å²) in [5.74, 6) is -0.268. The van der Waals surface area contributed by atoms with Gasteiger partial charge in [0.25, 0.3) is 0 Å². The molecule has 0 bridgehead atoms. The molecule has 0 saturated heterocycles. The maximum atomic E-state index is 12.9.